The lowest BCUT2D eigenvalue weighted by Gasteiger charge is -2.37. The number of aryl methyl sites for hydroxylation is 1. The van der Waals surface area contributed by atoms with Crippen molar-refractivity contribution in [2.24, 2.45) is 0 Å². The van der Waals surface area contributed by atoms with Crippen LogP contribution in [0.1, 0.15) is 24.8 Å². The zero-order valence-corrected chi connectivity index (χ0v) is 12.3. The van der Waals surface area contributed by atoms with Crippen LogP contribution in [0.3, 0.4) is 0 Å². The minimum absolute atomic E-state index is 0.0235. The molecule has 1 spiro atoms. The molecule has 5 nitrogen and oxygen atoms in total. The van der Waals surface area contributed by atoms with Gasteiger partial charge in [-0.2, -0.15) is 0 Å². The van der Waals surface area contributed by atoms with Gasteiger partial charge in [-0.1, -0.05) is 18.2 Å². The maximum absolute atomic E-state index is 13.5. The number of piperidine rings is 1. The summed E-state index contributed by atoms with van der Waals surface area (Å²) in [7, 11) is 0. The third-order valence-electron chi connectivity index (χ3n) is 4.46. The number of likely N-dealkylation sites (tertiary alicyclic amines) is 1. The van der Waals surface area contributed by atoms with Crippen LogP contribution in [0.2, 0.25) is 0 Å². The third-order valence-corrected chi connectivity index (χ3v) is 4.46. The van der Waals surface area contributed by atoms with E-state index in [-0.39, 0.29) is 17.8 Å². The summed E-state index contributed by atoms with van der Waals surface area (Å²) in [5.41, 5.74) is 0.123. The first-order valence-corrected chi connectivity index (χ1v) is 7.56. The Labute approximate surface area is 128 Å². The number of carbonyl (C=O) groups excluding carboxylic acids is 2. The number of nitrogens with one attached hydrogen (secondary N) is 1. The Kier molecular flexibility index (Phi) is 4.00. The summed E-state index contributed by atoms with van der Waals surface area (Å²) >= 11 is 0. The van der Waals surface area contributed by atoms with Crippen molar-refractivity contribution in [3.63, 3.8) is 0 Å². The highest BCUT2D eigenvalue weighted by molar-refractivity contribution is 5.76. The number of benzene rings is 1. The molecule has 1 N–H and O–H groups in total. The van der Waals surface area contributed by atoms with Crippen LogP contribution in [0.4, 0.5) is 9.18 Å². The molecule has 2 fully saturated rings. The first-order valence-electron chi connectivity index (χ1n) is 7.56. The largest absolute Gasteiger partial charge is 0.441 e. The molecular weight excluding hydrogens is 287 g/mol. The first kappa shape index (κ1) is 14.8. The Morgan fingerprint density at radius 1 is 1.32 bits per heavy atom. The molecule has 2 saturated heterocycles. The molecule has 22 heavy (non-hydrogen) atoms. The first-order chi connectivity index (χ1) is 10.6. The van der Waals surface area contributed by atoms with Gasteiger partial charge in [-0.15, -0.1) is 0 Å². The van der Waals surface area contributed by atoms with Crippen molar-refractivity contribution in [3.05, 3.63) is 35.6 Å². The zero-order valence-electron chi connectivity index (χ0n) is 12.3. The molecule has 2 heterocycles. The molecule has 2 amide bonds. The van der Waals surface area contributed by atoms with Crippen molar-refractivity contribution >= 4 is 12.0 Å². The standard InChI is InChI=1S/C16H19FN2O3/c17-13-4-2-1-3-12(13)5-6-14(20)19-9-7-16(8-10-19)11-18-15(21)22-16/h1-4H,5-11H2,(H,18,21). The molecule has 2 aliphatic heterocycles. The molecule has 1 aromatic rings. The van der Waals surface area contributed by atoms with E-state index in [4.69, 9.17) is 4.74 Å². The molecular formula is C16H19FN2O3. The van der Waals surface area contributed by atoms with Gasteiger partial charge in [0.2, 0.25) is 5.91 Å². The Hall–Kier alpha value is -2.11. The fourth-order valence-electron chi connectivity index (χ4n) is 3.05. The van der Waals surface area contributed by atoms with Gasteiger partial charge in [0.25, 0.3) is 0 Å². The summed E-state index contributed by atoms with van der Waals surface area (Å²) in [6, 6.07) is 6.53. The van der Waals surface area contributed by atoms with Gasteiger partial charge in [0, 0.05) is 32.4 Å². The van der Waals surface area contributed by atoms with E-state index in [9.17, 15) is 14.0 Å². The maximum Gasteiger partial charge on any atom is 0.407 e. The number of halogens is 1. The summed E-state index contributed by atoms with van der Waals surface area (Å²) in [5.74, 6) is -0.243. The van der Waals surface area contributed by atoms with E-state index in [1.54, 1.807) is 23.1 Å². The highest BCUT2D eigenvalue weighted by Gasteiger charge is 2.43. The van der Waals surface area contributed by atoms with Crippen molar-refractivity contribution in [2.75, 3.05) is 19.6 Å². The van der Waals surface area contributed by atoms with Gasteiger partial charge in [-0.3, -0.25) is 4.79 Å². The van der Waals surface area contributed by atoms with Crippen molar-refractivity contribution in [2.45, 2.75) is 31.3 Å². The van der Waals surface area contributed by atoms with Crippen LogP contribution in [-0.2, 0) is 16.0 Å². The number of alkyl carbamates (subject to hydrolysis) is 1. The van der Waals surface area contributed by atoms with Crippen LogP contribution in [0, 0.1) is 5.82 Å². The van der Waals surface area contributed by atoms with Crippen molar-refractivity contribution in [1.29, 1.82) is 0 Å². The van der Waals surface area contributed by atoms with Gasteiger partial charge < -0.3 is 15.0 Å². The number of amides is 2. The third kappa shape index (κ3) is 3.05. The van der Waals surface area contributed by atoms with Crippen LogP contribution >= 0.6 is 0 Å². The van der Waals surface area contributed by atoms with Crippen LogP contribution in [0.5, 0.6) is 0 Å². The lowest BCUT2D eigenvalue weighted by atomic mass is 9.91. The molecule has 3 rings (SSSR count). The van der Waals surface area contributed by atoms with Crippen LogP contribution < -0.4 is 5.32 Å². The van der Waals surface area contributed by atoms with Gasteiger partial charge in [0.1, 0.15) is 11.4 Å². The fourth-order valence-corrected chi connectivity index (χ4v) is 3.05. The monoisotopic (exact) mass is 306 g/mol. The Morgan fingerprint density at radius 2 is 2.05 bits per heavy atom. The van der Waals surface area contributed by atoms with E-state index >= 15 is 0 Å². The predicted octanol–water partition coefficient (Wildman–Crippen LogP) is 1.86. The van der Waals surface area contributed by atoms with E-state index in [1.165, 1.54) is 6.07 Å². The Bertz CT molecular complexity index is 583. The summed E-state index contributed by atoms with van der Waals surface area (Å²) in [5, 5.41) is 2.67. The van der Waals surface area contributed by atoms with Crippen molar-refractivity contribution in [1.82, 2.24) is 10.2 Å². The second-order valence-electron chi connectivity index (χ2n) is 5.90. The van der Waals surface area contributed by atoms with E-state index in [0.29, 0.717) is 50.9 Å². The van der Waals surface area contributed by atoms with Gasteiger partial charge in [0.15, 0.2) is 0 Å². The number of carbonyl (C=O) groups is 2. The van der Waals surface area contributed by atoms with Crippen LogP contribution in [-0.4, -0.2) is 42.1 Å². The van der Waals surface area contributed by atoms with E-state index in [2.05, 4.69) is 5.32 Å². The molecule has 6 heteroatoms. The normalized spacial score (nSPS) is 19.9. The number of ether oxygens (including phenoxy) is 1. The molecule has 0 bridgehead atoms. The molecule has 0 unspecified atom stereocenters. The summed E-state index contributed by atoms with van der Waals surface area (Å²) in [6.45, 7) is 1.67. The summed E-state index contributed by atoms with van der Waals surface area (Å²) in [4.78, 5) is 25.2. The number of hydrogen-bond donors (Lipinski definition) is 1. The molecule has 0 radical (unpaired) electrons. The van der Waals surface area contributed by atoms with Gasteiger partial charge in [-0.05, 0) is 18.1 Å². The topological polar surface area (TPSA) is 58.6 Å². The number of nitrogens with zero attached hydrogens (tertiary/aromatic N) is 1. The minimum atomic E-state index is -0.445. The summed E-state index contributed by atoms with van der Waals surface area (Å²) in [6.07, 6.45) is 1.63. The van der Waals surface area contributed by atoms with E-state index in [1.807, 2.05) is 0 Å². The molecule has 1 aromatic carbocycles. The summed E-state index contributed by atoms with van der Waals surface area (Å²) < 4.78 is 18.9. The molecule has 0 aliphatic carbocycles. The average molecular weight is 306 g/mol. The predicted molar refractivity (Wildman–Crippen MR) is 77.7 cm³/mol. The van der Waals surface area contributed by atoms with Gasteiger partial charge >= 0.3 is 6.09 Å². The Balaban J connectivity index is 1.50. The van der Waals surface area contributed by atoms with Crippen molar-refractivity contribution < 1.29 is 18.7 Å². The highest BCUT2D eigenvalue weighted by atomic mass is 19.1. The number of rotatable bonds is 3. The highest BCUT2D eigenvalue weighted by Crippen LogP contribution is 2.29. The van der Waals surface area contributed by atoms with E-state index < -0.39 is 5.60 Å². The molecule has 118 valence electrons. The fraction of sp³-hybridized carbons (Fsp3) is 0.500. The van der Waals surface area contributed by atoms with E-state index in [0.717, 1.165) is 0 Å². The quantitative estimate of drug-likeness (QED) is 0.927. The second-order valence-corrected chi connectivity index (χ2v) is 5.90. The van der Waals surface area contributed by atoms with Crippen molar-refractivity contribution in [3.8, 4) is 0 Å². The molecule has 2 aliphatic rings. The average Bonchev–Trinajstić information content (AvgIpc) is 2.87. The smallest absolute Gasteiger partial charge is 0.407 e. The molecule has 0 aromatic heterocycles. The Morgan fingerprint density at radius 3 is 2.68 bits per heavy atom. The van der Waals surface area contributed by atoms with Crippen LogP contribution in [0.15, 0.2) is 24.3 Å². The maximum atomic E-state index is 13.5. The lowest BCUT2D eigenvalue weighted by Crippen LogP contribution is -2.48. The zero-order chi connectivity index (χ0) is 15.6. The van der Waals surface area contributed by atoms with Crippen LogP contribution in [0.25, 0.3) is 0 Å². The lowest BCUT2D eigenvalue weighted by molar-refractivity contribution is -0.134. The van der Waals surface area contributed by atoms with Gasteiger partial charge in [0.05, 0.1) is 6.54 Å². The molecule has 0 saturated carbocycles. The van der Waals surface area contributed by atoms with Gasteiger partial charge in [-0.25, -0.2) is 9.18 Å². The second kappa shape index (κ2) is 5.94. The minimum Gasteiger partial charge on any atom is -0.441 e. The SMILES string of the molecule is O=C1NCC2(CCN(C(=O)CCc3ccccc3F)CC2)O1. The molecule has 0 atom stereocenters. The number of hydrogen-bond acceptors (Lipinski definition) is 3.